The first-order valence-electron chi connectivity index (χ1n) is 10.3. The Morgan fingerprint density at radius 1 is 1.19 bits per heavy atom. The summed E-state index contributed by atoms with van der Waals surface area (Å²) in [6.45, 7) is 2.08. The summed E-state index contributed by atoms with van der Waals surface area (Å²) in [5.74, 6) is 1.85. The van der Waals surface area contributed by atoms with E-state index in [4.69, 9.17) is 20.6 Å². The third kappa shape index (κ3) is 4.12. The van der Waals surface area contributed by atoms with Gasteiger partial charge < -0.3 is 10.8 Å². The number of nitrogens with two attached hydrogens (primary N) is 1. The monoisotopic (exact) mass is 481 g/mol. The lowest BCUT2D eigenvalue weighted by Crippen LogP contribution is -2.15. The van der Waals surface area contributed by atoms with Gasteiger partial charge in [0.1, 0.15) is 5.82 Å². The van der Waals surface area contributed by atoms with Crippen molar-refractivity contribution in [1.29, 1.82) is 0 Å². The van der Waals surface area contributed by atoms with E-state index in [1.54, 1.807) is 4.52 Å². The van der Waals surface area contributed by atoms with E-state index in [1.807, 2.05) is 30.6 Å². The minimum absolute atomic E-state index is 0.250. The first-order valence-corrected chi connectivity index (χ1v) is 11.1. The minimum Gasteiger partial charge on any atom is -0.483 e. The van der Waals surface area contributed by atoms with Gasteiger partial charge in [-0.25, -0.2) is 4.98 Å². The van der Waals surface area contributed by atoms with Crippen LogP contribution < -0.4 is 5.73 Å². The molecule has 31 heavy (non-hydrogen) atoms. The van der Waals surface area contributed by atoms with E-state index in [1.165, 1.54) is 12.8 Å². The standard InChI is InChI=1S/C22H22BrN5.CH2O2/c1-13-6-8-14(9-7-13)20-19(23)21(24)28-22(27-20)17(12-26-28)16-10-15-4-2-3-5-18(15)25-11-16;2-1-3/h2-5,10-14H,6-9,24H2,1H3;1H,(H,2,3). The fraction of sp³-hybridized carbons (Fsp3) is 0.304. The average molecular weight is 482 g/mol. The van der Waals surface area contributed by atoms with E-state index in [2.05, 4.69) is 45.1 Å². The topological polar surface area (TPSA) is 106 Å². The molecule has 0 amide bonds. The Morgan fingerprint density at radius 3 is 2.65 bits per heavy atom. The summed E-state index contributed by atoms with van der Waals surface area (Å²) >= 11 is 3.69. The highest BCUT2D eigenvalue weighted by molar-refractivity contribution is 9.10. The van der Waals surface area contributed by atoms with Gasteiger partial charge in [0.2, 0.25) is 0 Å². The van der Waals surface area contributed by atoms with E-state index in [0.29, 0.717) is 11.7 Å². The lowest BCUT2D eigenvalue weighted by molar-refractivity contribution is -0.122. The number of rotatable bonds is 2. The van der Waals surface area contributed by atoms with Gasteiger partial charge in [0.25, 0.3) is 6.47 Å². The van der Waals surface area contributed by atoms with Crippen LogP contribution in [0.2, 0.25) is 0 Å². The molecule has 0 aliphatic heterocycles. The van der Waals surface area contributed by atoms with Gasteiger partial charge in [0.15, 0.2) is 5.65 Å². The van der Waals surface area contributed by atoms with Crippen LogP contribution in [0.4, 0.5) is 5.82 Å². The summed E-state index contributed by atoms with van der Waals surface area (Å²) in [5.41, 5.74) is 11.2. The van der Waals surface area contributed by atoms with Crippen molar-refractivity contribution in [2.75, 3.05) is 5.73 Å². The highest BCUT2D eigenvalue weighted by atomic mass is 79.9. The summed E-state index contributed by atoms with van der Waals surface area (Å²) in [6.07, 6.45) is 8.52. The smallest absolute Gasteiger partial charge is 0.290 e. The largest absolute Gasteiger partial charge is 0.483 e. The number of nitrogens with zero attached hydrogens (tertiary/aromatic N) is 4. The van der Waals surface area contributed by atoms with Gasteiger partial charge in [-0.1, -0.05) is 38.0 Å². The third-order valence-electron chi connectivity index (χ3n) is 5.95. The van der Waals surface area contributed by atoms with Gasteiger partial charge >= 0.3 is 0 Å². The number of carboxylic acid groups (broad SMARTS) is 1. The molecule has 0 unspecified atom stereocenters. The number of halogens is 1. The fourth-order valence-corrected chi connectivity index (χ4v) is 4.82. The molecule has 1 fully saturated rings. The predicted octanol–water partition coefficient (Wildman–Crippen LogP) is 5.28. The maximum absolute atomic E-state index is 8.36. The SMILES string of the molecule is CC1CCC(c2nc3c(-c4cnc5ccccc5c4)cnn3c(N)c2Br)CC1.O=CO. The molecule has 1 aromatic carbocycles. The zero-order valence-electron chi connectivity index (χ0n) is 17.2. The zero-order valence-corrected chi connectivity index (χ0v) is 18.8. The molecule has 1 aliphatic rings. The summed E-state index contributed by atoms with van der Waals surface area (Å²) in [6, 6.07) is 10.3. The Hall–Kier alpha value is -3.00. The average Bonchev–Trinajstić information content (AvgIpc) is 3.21. The Balaban J connectivity index is 0.000000730. The van der Waals surface area contributed by atoms with E-state index in [-0.39, 0.29) is 6.47 Å². The van der Waals surface area contributed by atoms with Gasteiger partial charge in [-0.3, -0.25) is 9.78 Å². The number of hydrogen-bond donors (Lipinski definition) is 2. The van der Waals surface area contributed by atoms with E-state index in [0.717, 1.165) is 56.6 Å². The molecule has 1 saturated carbocycles. The molecule has 1 aliphatic carbocycles. The lowest BCUT2D eigenvalue weighted by Gasteiger charge is -2.26. The van der Waals surface area contributed by atoms with Crippen molar-refractivity contribution >= 4 is 44.8 Å². The van der Waals surface area contributed by atoms with Crippen molar-refractivity contribution in [3.05, 3.63) is 52.9 Å². The molecular weight excluding hydrogens is 458 g/mol. The molecule has 0 radical (unpaired) electrons. The fourth-order valence-electron chi connectivity index (χ4n) is 4.24. The number of fused-ring (bicyclic) bond motifs is 2. The Morgan fingerprint density at radius 2 is 1.90 bits per heavy atom. The molecule has 3 heterocycles. The maximum Gasteiger partial charge on any atom is 0.290 e. The Bertz CT molecular complexity index is 1230. The van der Waals surface area contributed by atoms with Crippen LogP contribution >= 0.6 is 15.9 Å². The Labute approximate surface area is 188 Å². The summed E-state index contributed by atoms with van der Waals surface area (Å²) in [7, 11) is 0. The maximum atomic E-state index is 8.36. The van der Waals surface area contributed by atoms with Gasteiger partial charge in [-0.05, 0) is 46.8 Å². The number of pyridine rings is 1. The molecule has 7 nitrogen and oxygen atoms in total. The number of nitrogen functional groups attached to an aromatic ring is 1. The molecule has 0 bridgehead atoms. The number of carbonyl (C=O) groups is 1. The van der Waals surface area contributed by atoms with Crippen LogP contribution in [-0.4, -0.2) is 31.2 Å². The molecule has 5 rings (SSSR count). The first kappa shape index (κ1) is 21.2. The van der Waals surface area contributed by atoms with Crippen molar-refractivity contribution < 1.29 is 9.90 Å². The normalized spacial score (nSPS) is 18.5. The predicted molar refractivity (Wildman–Crippen MR) is 125 cm³/mol. The number of benzene rings is 1. The first-order chi connectivity index (χ1) is 15.0. The second-order valence-corrected chi connectivity index (χ2v) is 8.76. The molecule has 0 spiro atoms. The molecule has 160 valence electrons. The van der Waals surface area contributed by atoms with Crippen molar-refractivity contribution in [2.24, 2.45) is 5.92 Å². The van der Waals surface area contributed by atoms with Crippen LogP contribution in [0, 0.1) is 5.92 Å². The molecule has 0 saturated heterocycles. The van der Waals surface area contributed by atoms with Gasteiger partial charge in [0.05, 0.1) is 21.9 Å². The number of hydrogen-bond acceptors (Lipinski definition) is 5. The van der Waals surface area contributed by atoms with Gasteiger partial charge in [0, 0.05) is 28.6 Å². The number of aromatic nitrogens is 4. The molecular formula is C23H24BrN5O2. The van der Waals surface area contributed by atoms with Crippen molar-refractivity contribution in [3.63, 3.8) is 0 Å². The number of anilines is 1. The van der Waals surface area contributed by atoms with E-state index < -0.39 is 0 Å². The van der Waals surface area contributed by atoms with Crippen LogP contribution in [0.1, 0.15) is 44.2 Å². The van der Waals surface area contributed by atoms with E-state index in [9.17, 15) is 0 Å². The van der Waals surface area contributed by atoms with Crippen molar-refractivity contribution in [2.45, 2.75) is 38.5 Å². The molecule has 4 aromatic rings. The molecule has 3 aromatic heterocycles. The van der Waals surface area contributed by atoms with Crippen LogP contribution in [0.3, 0.4) is 0 Å². The summed E-state index contributed by atoms with van der Waals surface area (Å²) in [4.78, 5) is 18.0. The molecule has 8 heteroatoms. The van der Waals surface area contributed by atoms with E-state index >= 15 is 0 Å². The van der Waals surface area contributed by atoms with Gasteiger partial charge in [-0.15, -0.1) is 0 Å². The third-order valence-corrected chi connectivity index (χ3v) is 6.76. The van der Waals surface area contributed by atoms with Crippen LogP contribution in [0.25, 0.3) is 27.7 Å². The molecule has 3 N–H and O–H groups in total. The van der Waals surface area contributed by atoms with Crippen molar-refractivity contribution in [1.82, 2.24) is 19.6 Å². The van der Waals surface area contributed by atoms with Crippen LogP contribution in [-0.2, 0) is 4.79 Å². The van der Waals surface area contributed by atoms with Gasteiger partial charge in [-0.2, -0.15) is 9.61 Å². The second-order valence-electron chi connectivity index (χ2n) is 7.97. The summed E-state index contributed by atoms with van der Waals surface area (Å²) < 4.78 is 2.61. The quantitative estimate of drug-likeness (QED) is 0.377. The minimum atomic E-state index is -0.250. The molecule has 0 atom stereocenters. The van der Waals surface area contributed by atoms with Crippen LogP contribution in [0.5, 0.6) is 0 Å². The second kappa shape index (κ2) is 9.01. The lowest BCUT2D eigenvalue weighted by atomic mass is 9.81. The zero-order chi connectivity index (χ0) is 22.0. The highest BCUT2D eigenvalue weighted by Crippen LogP contribution is 2.40. The highest BCUT2D eigenvalue weighted by Gasteiger charge is 2.26. The van der Waals surface area contributed by atoms with Crippen LogP contribution in [0.15, 0.2) is 47.2 Å². The van der Waals surface area contributed by atoms with Crippen molar-refractivity contribution in [3.8, 4) is 11.1 Å². The summed E-state index contributed by atoms with van der Waals surface area (Å²) in [5, 5.41) is 12.5. The number of para-hydroxylation sites is 1. The Kier molecular flexibility index (Phi) is 6.18.